The fourth-order valence-corrected chi connectivity index (χ4v) is 6.61. The van der Waals surface area contributed by atoms with E-state index in [9.17, 15) is 33.0 Å². The van der Waals surface area contributed by atoms with Crippen LogP contribution in [0, 0.1) is 0 Å². The molecule has 0 radical (unpaired) electrons. The van der Waals surface area contributed by atoms with Crippen molar-refractivity contribution < 1.29 is 37.7 Å². The highest BCUT2D eigenvalue weighted by atomic mass is 35.5. The molecule has 0 aliphatic carbocycles. The largest absolute Gasteiger partial charge is 0.430 e. The van der Waals surface area contributed by atoms with Crippen LogP contribution in [0.1, 0.15) is 54.4 Å². The number of carbonyl (C=O) groups excluding carboxylic acids is 2. The molecule has 12 heteroatoms. The monoisotopic (exact) mass is 623 g/mol. The van der Waals surface area contributed by atoms with E-state index in [4.69, 9.17) is 16.3 Å². The molecule has 3 aliphatic heterocycles. The summed E-state index contributed by atoms with van der Waals surface area (Å²) in [7, 11) is 0. The number of nitrogens with zero attached hydrogens (tertiary/aromatic N) is 3. The van der Waals surface area contributed by atoms with Gasteiger partial charge in [0.15, 0.2) is 0 Å². The molecular formula is C31H37ClF3N3O5. The summed E-state index contributed by atoms with van der Waals surface area (Å²) in [6.07, 6.45) is -1.49. The van der Waals surface area contributed by atoms with E-state index in [1.807, 2.05) is 6.07 Å². The number of aliphatic hydroxyl groups is 2. The number of amides is 2. The molecule has 0 bridgehead atoms. The van der Waals surface area contributed by atoms with E-state index < -0.39 is 23.2 Å². The number of likely N-dealkylation sites (tertiary alicyclic amines) is 2. The molecule has 1 unspecified atom stereocenters. The molecule has 2 amide bonds. The zero-order valence-corrected chi connectivity index (χ0v) is 24.6. The van der Waals surface area contributed by atoms with Crippen molar-refractivity contribution in [1.29, 1.82) is 0 Å². The first kappa shape index (κ1) is 31.6. The molecule has 3 fully saturated rings. The number of aliphatic hydroxyl groups excluding tert-OH is 1. The number of ether oxygens (including phenoxy) is 1. The van der Waals surface area contributed by atoms with E-state index in [0.717, 1.165) is 48.4 Å². The van der Waals surface area contributed by atoms with Crippen molar-refractivity contribution >= 4 is 29.1 Å². The lowest BCUT2D eigenvalue weighted by atomic mass is 9.90. The van der Waals surface area contributed by atoms with Crippen LogP contribution in [-0.2, 0) is 15.1 Å². The van der Waals surface area contributed by atoms with Gasteiger partial charge in [-0.05, 0) is 56.7 Å². The molecular weight excluding hydrogens is 587 g/mol. The van der Waals surface area contributed by atoms with Crippen molar-refractivity contribution in [2.24, 2.45) is 0 Å². The van der Waals surface area contributed by atoms with Crippen LogP contribution in [0.5, 0.6) is 0 Å². The highest BCUT2D eigenvalue weighted by Crippen LogP contribution is 2.41. The number of piperidine rings is 2. The number of anilines is 1. The molecule has 5 rings (SSSR count). The normalized spacial score (nSPS) is 22.1. The van der Waals surface area contributed by atoms with Crippen molar-refractivity contribution in [3.05, 3.63) is 64.7 Å². The first-order chi connectivity index (χ1) is 20.5. The van der Waals surface area contributed by atoms with Gasteiger partial charge in [0.1, 0.15) is 0 Å². The number of benzene rings is 2. The van der Waals surface area contributed by atoms with Crippen LogP contribution < -0.4 is 4.90 Å². The summed E-state index contributed by atoms with van der Waals surface area (Å²) in [6, 6.07) is 11.7. The Bertz CT molecular complexity index is 1280. The summed E-state index contributed by atoms with van der Waals surface area (Å²) in [5, 5.41) is 20.6. The second kappa shape index (κ2) is 13.0. The quantitative estimate of drug-likeness (QED) is 0.476. The minimum absolute atomic E-state index is 0.0261. The van der Waals surface area contributed by atoms with Gasteiger partial charge in [-0.3, -0.25) is 9.59 Å². The van der Waals surface area contributed by atoms with Gasteiger partial charge in [0, 0.05) is 44.0 Å². The van der Waals surface area contributed by atoms with Crippen LogP contribution >= 0.6 is 11.6 Å². The molecule has 0 aromatic heterocycles. The lowest BCUT2D eigenvalue weighted by Crippen LogP contribution is -2.57. The average molecular weight is 624 g/mol. The molecule has 2 aromatic carbocycles. The number of alkyl halides is 3. The summed E-state index contributed by atoms with van der Waals surface area (Å²) in [5.41, 5.74) is -2.77. The van der Waals surface area contributed by atoms with Gasteiger partial charge >= 0.3 is 6.18 Å². The zero-order valence-electron chi connectivity index (χ0n) is 23.8. The molecule has 2 N–H and O–H groups in total. The molecule has 0 spiro atoms. The fraction of sp³-hybridized carbons (Fsp3) is 0.548. The third-order valence-electron chi connectivity index (χ3n) is 8.86. The zero-order chi connectivity index (χ0) is 30.8. The summed E-state index contributed by atoms with van der Waals surface area (Å²) in [5.74, 6) is -1.53. The number of rotatable bonds is 7. The van der Waals surface area contributed by atoms with Crippen molar-refractivity contribution in [1.82, 2.24) is 9.80 Å². The Labute approximate surface area is 254 Å². The van der Waals surface area contributed by atoms with Crippen LogP contribution in [0.15, 0.2) is 48.5 Å². The van der Waals surface area contributed by atoms with Gasteiger partial charge in [-0.15, -0.1) is 0 Å². The van der Waals surface area contributed by atoms with E-state index in [2.05, 4.69) is 4.90 Å². The number of hydrogen-bond acceptors (Lipinski definition) is 6. The minimum Gasteiger partial charge on any atom is -0.394 e. The average Bonchev–Trinajstić information content (AvgIpc) is 3.50. The van der Waals surface area contributed by atoms with Crippen LogP contribution in [-0.4, -0.2) is 95.6 Å². The predicted molar refractivity (Wildman–Crippen MR) is 155 cm³/mol. The van der Waals surface area contributed by atoms with Gasteiger partial charge in [-0.1, -0.05) is 41.9 Å². The fourth-order valence-electron chi connectivity index (χ4n) is 6.36. The topological polar surface area (TPSA) is 93.5 Å². The van der Waals surface area contributed by atoms with Crippen molar-refractivity contribution in [3.63, 3.8) is 0 Å². The second-order valence-corrected chi connectivity index (χ2v) is 11.9. The van der Waals surface area contributed by atoms with Crippen LogP contribution in [0.25, 0.3) is 0 Å². The van der Waals surface area contributed by atoms with Gasteiger partial charge in [0.25, 0.3) is 17.4 Å². The minimum atomic E-state index is -5.16. The Morgan fingerprint density at radius 3 is 2.12 bits per heavy atom. The molecule has 3 saturated heterocycles. The standard InChI is InChI=1S/C31H37ClF3N3O5/c32-27-19-22(8-9-26(27)28(40)38-14-4-7-23(38)20-39)36-15-10-24(11-16-36)43-25-12-17-37(18-13-25)29(41)30(42,31(33,34)35)21-5-2-1-3-6-21/h1-3,5-6,8-9,19,23-25,39,42H,4,7,10-18,20H2/t23-,30?/m0/s1. The molecule has 2 aromatic rings. The maximum Gasteiger partial charge on any atom is 0.430 e. The molecule has 0 saturated carbocycles. The highest BCUT2D eigenvalue weighted by Gasteiger charge is 2.62. The van der Waals surface area contributed by atoms with E-state index >= 15 is 0 Å². The third kappa shape index (κ3) is 6.50. The summed E-state index contributed by atoms with van der Waals surface area (Å²) >= 11 is 6.52. The van der Waals surface area contributed by atoms with E-state index in [-0.39, 0.29) is 43.9 Å². The third-order valence-corrected chi connectivity index (χ3v) is 9.18. The molecule has 3 heterocycles. The SMILES string of the molecule is O=C(c1ccc(N2CCC(OC3CCN(C(=O)C(O)(c4ccccc4)C(F)(F)F)CC3)CC2)cc1Cl)N1CCC[C@H]1CO. The van der Waals surface area contributed by atoms with E-state index in [0.29, 0.717) is 43.1 Å². The molecule has 234 valence electrons. The van der Waals surface area contributed by atoms with Gasteiger partial charge < -0.3 is 29.6 Å². The predicted octanol–water partition coefficient (Wildman–Crippen LogP) is 4.36. The number of carbonyl (C=O) groups is 2. The lowest BCUT2D eigenvalue weighted by Gasteiger charge is -2.40. The molecule has 2 atom stereocenters. The first-order valence-electron chi connectivity index (χ1n) is 14.8. The smallest absolute Gasteiger partial charge is 0.394 e. The van der Waals surface area contributed by atoms with E-state index in [1.165, 1.54) is 18.2 Å². The van der Waals surface area contributed by atoms with Gasteiger partial charge in [-0.25, -0.2) is 0 Å². The lowest BCUT2D eigenvalue weighted by molar-refractivity contribution is -0.262. The molecule has 8 nitrogen and oxygen atoms in total. The number of hydrogen-bond donors (Lipinski definition) is 2. The molecule has 43 heavy (non-hydrogen) atoms. The van der Waals surface area contributed by atoms with Crippen LogP contribution in [0.2, 0.25) is 5.02 Å². The number of halogens is 4. The second-order valence-electron chi connectivity index (χ2n) is 11.5. The summed E-state index contributed by atoms with van der Waals surface area (Å²) < 4.78 is 48.1. The summed E-state index contributed by atoms with van der Waals surface area (Å²) in [4.78, 5) is 30.9. The maximum absolute atomic E-state index is 13.9. The van der Waals surface area contributed by atoms with Crippen molar-refractivity contribution in [2.45, 2.75) is 68.6 Å². The Morgan fingerprint density at radius 1 is 0.907 bits per heavy atom. The molecule has 3 aliphatic rings. The van der Waals surface area contributed by atoms with Crippen molar-refractivity contribution in [3.8, 4) is 0 Å². The Balaban J connectivity index is 1.12. The van der Waals surface area contributed by atoms with Gasteiger partial charge in [0.05, 0.1) is 35.4 Å². The highest BCUT2D eigenvalue weighted by molar-refractivity contribution is 6.34. The van der Waals surface area contributed by atoms with Gasteiger partial charge in [-0.2, -0.15) is 13.2 Å². The Morgan fingerprint density at radius 2 is 1.53 bits per heavy atom. The van der Waals surface area contributed by atoms with Gasteiger partial charge in [0.2, 0.25) is 0 Å². The van der Waals surface area contributed by atoms with Crippen LogP contribution in [0.4, 0.5) is 18.9 Å². The first-order valence-corrected chi connectivity index (χ1v) is 15.2. The Kier molecular flexibility index (Phi) is 9.55. The summed E-state index contributed by atoms with van der Waals surface area (Å²) in [6.45, 7) is 2.08. The van der Waals surface area contributed by atoms with Crippen molar-refractivity contribution in [2.75, 3.05) is 44.2 Å². The van der Waals surface area contributed by atoms with E-state index in [1.54, 1.807) is 17.0 Å². The van der Waals surface area contributed by atoms with Crippen LogP contribution in [0.3, 0.4) is 0 Å². The Hall–Kier alpha value is -2.86. The maximum atomic E-state index is 13.9.